The zero-order valence-corrected chi connectivity index (χ0v) is 15.0. The van der Waals surface area contributed by atoms with Crippen molar-refractivity contribution in [3.05, 3.63) is 46.8 Å². The molecule has 1 unspecified atom stereocenters. The summed E-state index contributed by atoms with van der Waals surface area (Å²) in [6, 6.07) is 13.2. The van der Waals surface area contributed by atoms with Crippen molar-refractivity contribution in [2.24, 2.45) is 5.92 Å². The van der Waals surface area contributed by atoms with Crippen LogP contribution >= 0.6 is 32.5 Å². The summed E-state index contributed by atoms with van der Waals surface area (Å²) in [4.78, 5) is 2.52. The number of alkyl halides is 1. The summed E-state index contributed by atoms with van der Waals surface area (Å²) in [6.45, 7) is 4.58. The van der Waals surface area contributed by atoms with Gasteiger partial charge in [0.25, 0.3) is 0 Å². The van der Waals surface area contributed by atoms with Crippen LogP contribution in [-0.4, -0.2) is 0 Å². The second-order valence-electron chi connectivity index (χ2n) is 5.30. The highest BCUT2D eigenvalue weighted by Crippen LogP contribution is 2.30. The van der Waals surface area contributed by atoms with Crippen LogP contribution in [0.15, 0.2) is 36.4 Å². The van der Waals surface area contributed by atoms with Crippen molar-refractivity contribution in [3.8, 4) is 10.4 Å². The lowest BCUT2D eigenvalue weighted by molar-refractivity contribution is 0.522. The van der Waals surface area contributed by atoms with Gasteiger partial charge in [0.2, 0.25) is 0 Å². The molecule has 0 bridgehead atoms. The first kappa shape index (κ1) is 15.8. The van der Waals surface area contributed by atoms with E-state index in [1.165, 1.54) is 40.1 Å². The molecule has 0 aliphatic heterocycles. The zero-order chi connectivity index (χ0) is 14.4. The molecule has 1 nitrogen and oxygen atoms in total. The number of hydrogen-bond donors (Lipinski definition) is 0. The lowest BCUT2D eigenvalue weighted by Gasteiger charge is -2.10. The van der Waals surface area contributed by atoms with Crippen molar-refractivity contribution >= 4 is 32.5 Å². The van der Waals surface area contributed by atoms with Crippen molar-refractivity contribution in [1.82, 2.24) is 0 Å². The average Bonchev–Trinajstić information content (AvgIpc) is 2.89. The maximum atomic E-state index is 10.8. The van der Waals surface area contributed by atoms with Gasteiger partial charge in [-0.2, -0.15) is 0 Å². The molecule has 1 atom stereocenters. The van der Waals surface area contributed by atoms with Crippen molar-refractivity contribution in [2.45, 2.75) is 37.5 Å². The SMILES string of the molecule is CCCC(C)Cc1ccc(-c2ccc(CI=O)s2)cc1. The van der Waals surface area contributed by atoms with E-state index < -0.39 is 21.2 Å². The average molecular weight is 400 g/mol. The molecular formula is C17H21IOS. The van der Waals surface area contributed by atoms with Crippen LogP contribution in [0.3, 0.4) is 0 Å². The molecule has 0 saturated carbocycles. The summed E-state index contributed by atoms with van der Waals surface area (Å²) in [5, 5.41) is 0. The first-order valence-corrected chi connectivity index (χ1v) is 10.3. The monoisotopic (exact) mass is 400 g/mol. The zero-order valence-electron chi connectivity index (χ0n) is 12.1. The van der Waals surface area contributed by atoms with Gasteiger partial charge in [-0.1, -0.05) is 51.0 Å². The lowest BCUT2D eigenvalue weighted by atomic mass is 9.96. The van der Waals surface area contributed by atoms with Gasteiger partial charge in [0.15, 0.2) is 0 Å². The first-order valence-electron chi connectivity index (χ1n) is 7.12. The van der Waals surface area contributed by atoms with E-state index in [4.69, 9.17) is 0 Å². The van der Waals surface area contributed by atoms with Crippen LogP contribution in [0.2, 0.25) is 0 Å². The standard InChI is InChI=1S/C17H21IOS/c1-3-4-13(2)11-14-5-7-15(8-6-14)17-10-9-16(20-17)12-18-19/h5-10,13H,3-4,11-12H2,1-2H3. The Hall–Kier alpha value is -0.550. The Kier molecular flexibility index (Phi) is 6.36. The molecule has 0 radical (unpaired) electrons. The van der Waals surface area contributed by atoms with Gasteiger partial charge in [-0.05, 0) is 35.6 Å². The largest absolute Gasteiger partial charge is 0.270 e. The van der Waals surface area contributed by atoms with Gasteiger partial charge < -0.3 is 0 Å². The second kappa shape index (κ2) is 8.03. The maximum absolute atomic E-state index is 10.8. The van der Waals surface area contributed by atoms with Crippen LogP contribution in [0.5, 0.6) is 0 Å². The minimum Gasteiger partial charge on any atom is -0.270 e. The summed E-state index contributed by atoms with van der Waals surface area (Å²) >= 11 is 0.879. The molecule has 1 aromatic carbocycles. The van der Waals surface area contributed by atoms with Gasteiger partial charge in [-0.15, -0.1) is 11.3 Å². The molecule has 2 aromatic rings. The maximum Gasteiger partial charge on any atom is 0.149 e. The smallest absolute Gasteiger partial charge is 0.149 e. The van der Waals surface area contributed by atoms with E-state index in [-0.39, 0.29) is 0 Å². The fraction of sp³-hybridized carbons (Fsp3) is 0.412. The van der Waals surface area contributed by atoms with Gasteiger partial charge in [0, 0.05) is 9.75 Å². The third kappa shape index (κ3) is 4.48. The van der Waals surface area contributed by atoms with Crippen LogP contribution in [0.25, 0.3) is 10.4 Å². The lowest BCUT2D eigenvalue weighted by Crippen LogP contribution is -1.98. The summed E-state index contributed by atoms with van der Waals surface area (Å²) in [5.74, 6) is 0.764. The Bertz CT molecular complexity index is 544. The Balaban J connectivity index is 2.05. The molecular weight excluding hydrogens is 379 g/mol. The normalized spacial score (nSPS) is 12.5. The Morgan fingerprint density at radius 1 is 1.15 bits per heavy atom. The Labute approximate surface area is 136 Å². The fourth-order valence-corrected chi connectivity index (χ4v) is 4.65. The Morgan fingerprint density at radius 3 is 2.55 bits per heavy atom. The molecule has 0 saturated heterocycles. The summed E-state index contributed by atoms with van der Waals surface area (Å²) in [7, 11) is 0. The molecule has 0 aliphatic carbocycles. The number of rotatable bonds is 7. The predicted octanol–water partition coefficient (Wildman–Crippen LogP) is 6.21. The Morgan fingerprint density at radius 2 is 1.90 bits per heavy atom. The third-order valence-corrected chi connectivity index (χ3v) is 6.24. The van der Waals surface area contributed by atoms with Gasteiger partial charge in [-0.25, -0.2) is 0 Å². The molecule has 0 spiro atoms. The van der Waals surface area contributed by atoms with E-state index in [9.17, 15) is 3.07 Å². The summed E-state index contributed by atoms with van der Waals surface area (Å²) < 4.78 is 11.5. The summed E-state index contributed by atoms with van der Waals surface area (Å²) in [6.07, 6.45) is 3.73. The van der Waals surface area contributed by atoms with Crippen molar-refractivity contribution < 1.29 is 3.07 Å². The highest BCUT2D eigenvalue weighted by molar-refractivity contribution is 14.1. The molecule has 2 rings (SSSR count). The molecule has 0 fully saturated rings. The highest BCUT2D eigenvalue weighted by Gasteiger charge is 2.05. The van der Waals surface area contributed by atoms with Gasteiger partial charge in [0.1, 0.15) is 21.2 Å². The van der Waals surface area contributed by atoms with Crippen molar-refractivity contribution in [1.29, 1.82) is 0 Å². The molecule has 20 heavy (non-hydrogen) atoms. The van der Waals surface area contributed by atoms with Crippen LogP contribution in [-0.2, 0) is 13.9 Å². The molecule has 0 amide bonds. The van der Waals surface area contributed by atoms with Crippen LogP contribution in [0.4, 0.5) is 0 Å². The van der Waals surface area contributed by atoms with E-state index in [1.807, 2.05) is 0 Å². The fourth-order valence-electron chi connectivity index (χ4n) is 2.46. The van der Waals surface area contributed by atoms with Gasteiger partial charge >= 0.3 is 0 Å². The summed E-state index contributed by atoms with van der Waals surface area (Å²) in [5.41, 5.74) is 2.70. The second-order valence-corrected chi connectivity index (χ2v) is 7.86. The van der Waals surface area contributed by atoms with Crippen LogP contribution in [0.1, 0.15) is 37.1 Å². The van der Waals surface area contributed by atoms with E-state index in [0.29, 0.717) is 0 Å². The number of halogens is 1. The van der Waals surface area contributed by atoms with Gasteiger partial charge in [0.05, 0.1) is 4.43 Å². The molecule has 1 aromatic heterocycles. The third-order valence-electron chi connectivity index (χ3n) is 3.45. The molecule has 108 valence electrons. The molecule has 0 N–H and O–H groups in total. The molecule has 3 heteroatoms. The van der Waals surface area contributed by atoms with E-state index in [0.717, 1.165) is 10.3 Å². The van der Waals surface area contributed by atoms with Crippen molar-refractivity contribution in [2.75, 3.05) is 0 Å². The highest BCUT2D eigenvalue weighted by atomic mass is 127. The predicted molar refractivity (Wildman–Crippen MR) is 95.9 cm³/mol. The number of benzene rings is 1. The van der Waals surface area contributed by atoms with E-state index in [2.05, 4.69) is 50.2 Å². The van der Waals surface area contributed by atoms with Crippen LogP contribution < -0.4 is 0 Å². The van der Waals surface area contributed by atoms with Crippen LogP contribution in [0, 0.1) is 5.92 Å². The van der Waals surface area contributed by atoms with Crippen molar-refractivity contribution in [3.63, 3.8) is 0 Å². The topological polar surface area (TPSA) is 17.1 Å². The van der Waals surface area contributed by atoms with E-state index in [1.54, 1.807) is 11.3 Å². The van der Waals surface area contributed by atoms with E-state index >= 15 is 0 Å². The minimum atomic E-state index is -0.887. The first-order chi connectivity index (χ1) is 9.72. The number of hydrogen-bond acceptors (Lipinski definition) is 2. The minimum absolute atomic E-state index is 0.760. The molecule has 1 heterocycles. The molecule has 0 aliphatic rings. The quantitative estimate of drug-likeness (QED) is 0.399. The van der Waals surface area contributed by atoms with Gasteiger partial charge in [-0.3, -0.25) is 3.07 Å². The number of thiophene rings is 1.